The summed E-state index contributed by atoms with van der Waals surface area (Å²) in [6.07, 6.45) is 5.58. The number of rotatable bonds is 5. The molecule has 1 fully saturated rings. The van der Waals surface area contributed by atoms with Gasteiger partial charge in [-0.05, 0) is 43.2 Å². The Bertz CT molecular complexity index is 1380. The van der Waals surface area contributed by atoms with Crippen molar-refractivity contribution < 1.29 is 13.2 Å². The van der Waals surface area contributed by atoms with Gasteiger partial charge in [0.1, 0.15) is 0 Å². The Labute approximate surface area is 194 Å². The minimum atomic E-state index is -3.64. The quantitative estimate of drug-likeness (QED) is 0.441. The zero-order valence-electron chi connectivity index (χ0n) is 16.9. The normalized spacial score (nSPS) is 14.8. The van der Waals surface area contributed by atoms with Crippen molar-refractivity contribution in [3.63, 3.8) is 0 Å². The number of nitrogens with one attached hydrogen (secondary N) is 1. The van der Waals surface area contributed by atoms with Gasteiger partial charge in [0.2, 0.25) is 10.0 Å². The molecular formula is C22H19ClN4O3S2. The Morgan fingerprint density at radius 3 is 2.56 bits per heavy atom. The first kappa shape index (κ1) is 21.1. The van der Waals surface area contributed by atoms with E-state index < -0.39 is 15.9 Å². The van der Waals surface area contributed by atoms with Crippen molar-refractivity contribution >= 4 is 49.5 Å². The van der Waals surface area contributed by atoms with Crippen LogP contribution in [-0.4, -0.2) is 41.1 Å². The summed E-state index contributed by atoms with van der Waals surface area (Å²) in [5.41, 5.74) is 2.46. The van der Waals surface area contributed by atoms with Crippen LogP contribution in [0.3, 0.4) is 0 Å². The summed E-state index contributed by atoms with van der Waals surface area (Å²) in [6.45, 7) is 0.987. The standard InChI is InChI=1S/C22H19ClN4O3S2/c23-19-8-7-17(32(29,30)27-9-1-2-10-27)13-18(19)21(28)24-16-5-3-15(4-6-16)20-14-26-11-12-31-22(26)25-20/h3-8,11-14H,1-2,9-10H2,(H,24,28). The zero-order chi connectivity index (χ0) is 22.3. The van der Waals surface area contributed by atoms with Crippen molar-refractivity contribution in [2.75, 3.05) is 18.4 Å². The van der Waals surface area contributed by atoms with E-state index in [0.29, 0.717) is 18.8 Å². The molecule has 2 aromatic carbocycles. The molecular weight excluding hydrogens is 468 g/mol. The molecule has 1 aliphatic rings. The minimum Gasteiger partial charge on any atom is -0.322 e. The zero-order valence-corrected chi connectivity index (χ0v) is 19.3. The van der Waals surface area contributed by atoms with Gasteiger partial charge in [0.15, 0.2) is 4.96 Å². The van der Waals surface area contributed by atoms with Gasteiger partial charge in [-0.1, -0.05) is 23.7 Å². The lowest BCUT2D eigenvalue weighted by Gasteiger charge is -2.16. The second-order valence-electron chi connectivity index (χ2n) is 7.50. The van der Waals surface area contributed by atoms with Crippen LogP contribution in [0.5, 0.6) is 0 Å². The fourth-order valence-corrected chi connectivity index (χ4v) is 6.15. The lowest BCUT2D eigenvalue weighted by molar-refractivity contribution is 0.102. The molecule has 0 unspecified atom stereocenters. The molecule has 1 N–H and O–H groups in total. The second kappa shape index (κ2) is 8.32. The van der Waals surface area contributed by atoms with Crippen molar-refractivity contribution in [3.05, 3.63) is 70.8 Å². The Hall–Kier alpha value is -2.72. The van der Waals surface area contributed by atoms with Crippen LogP contribution in [-0.2, 0) is 10.0 Å². The van der Waals surface area contributed by atoms with Gasteiger partial charge in [-0.2, -0.15) is 4.31 Å². The van der Waals surface area contributed by atoms with Crippen LogP contribution in [0.15, 0.2) is 65.1 Å². The van der Waals surface area contributed by atoms with Crippen LogP contribution in [0.4, 0.5) is 5.69 Å². The minimum absolute atomic E-state index is 0.0732. The molecule has 1 amide bonds. The Morgan fingerprint density at radius 1 is 1.09 bits per heavy atom. The number of nitrogens with zero attached hydrogens (tertiary/aromatic N) is 3. The first-order chi connectivity index (χ1) is 15.4. The Balaban J connectivity index is 1.36. The molecule has 0 spiro atoms. The molecule has 5 rings (SSSR count). The first-order valence-corrected chi connectivity index (χ1v) is 12.8. The van der Waals surface area contributed by atoms with E-state index in [9.17, 15) is 13.2 Å². The third kappa shape index (κ3) is 3.93. The second-order valence-corrected chi connectivity index (χ2v) is 10.7. The SMILES string of the molecule is O=C(Nc1ccc(-c2cn3ccsc3n2)cc1)c1cc(S(=O)(=O)N2CCCC2)ccc1Cl. The van der Waals surface area contributed by atoms with Gasteiger partial charge in [0.25, 0.3) is 5.91 Å². The maximum atomic E-state index is 12.9. The molecule has 7 nitrogen and oxygen atoms in total. The lowest BCUT2D eigenvalue weighted by Crippen LogP contribution is -2.28. The van der Waals surface area contributed by atoms with Crippen LogP contribution in [0.25, 0.3) is 16.2 Å². The number of amides is 1. The maximum absolute atomic E-state index is 12.9. The van der Waals surface area contributed by atoms with Crippen LogP contribution < -0.4 is 5.32 Å². The average molecular weight is 487 g/mol. The molecule has 4 aromatic rings. The van der Waals surface area contributed by atoms with E-state index in [2.05, 4.69) is 10.3 Å². The van der Waals surface area contributed by atoms with Crippen molar-refractivity contribution in [1.29, 1.82) is 0 Å². The molecule has 10 heteroatoms. The lowest BCUT2D eigenvalue weighted by atomic mass is 10.1. The van der Waals surface area contributed by atoms with Gasteiger partial charge in [0.05, 0.1) is 21.2 Å². The van der Waals surface area contributed by atoms with E-state index in [-0.39, 0.29) is 15.5 Å². The fraction of sp³-hybridized carbons (Fsp3) is 0.182. The largest absolute Gasteiger partial charge is 0.322 e. The van der Waals surface area contributed by atoms with Gasteiger partial charge in [-0.3, -0.25) is 9.20 Å². The Kier molecular flexibility index (Phi) is 5.50. The summed E-state index contributed by atoms with van der Waals surface area (Å²) in [7, 11) is -3.64. The Morgan fingerprint density at radius 2 is 1.84 bits per heavy atom. The van der Waals surface area contributed by atoms with Crippen molar-refractivity contribution in [1.82, 2.24) is 13.7 Å². The number of halogens is 1. The highest BCUT2D eigenvalue weighted by atomic mass is 35.5. The molecule has 164 valence electrons. The number of anilines is 1. The van der Waals surface area contributed by atoms with E-state index >= 15 is 0 Å². The van der Waals surface area contributed by atoms with Crippen LogP contribution >= 0.6 is 22.9 Å². The van der Waals surface area contributed by atoms with Gasteiger partial charge in [-0.15, -0.1) is 11.3 Å². The van der Waals surface area contributed by atoms with Crippen molar-refractivity contribution in [2.45, 2.75) is 17.7 Å². The summed E-state index contributed by atoms with van der Waals surface area (Å²) < 4.78 is 29.1. The average Bonchev–Trinajstić information content (AvgIpc) is 3.52. The number of imidazole rings is 1. The number of benzene rings is 2. The molecule has 0 saturated carbocycles. The highest BCUT2D eigenvalue weighted by Gasteiger charge is 2.28. The summed E-state index contributed by atoms with van der Waals surface area (Å²) >= 11 is 7.78. The number of sulfonamides is 1. The van der Waals surface area contributed by atoms with E-state index in [1.807, 2.05) is 34.3 Å². The monoisotopic (exact) mass is 486 g/mol. The number of hydrogen-bond acceptors (Lipinski definition) is 5. The van der Waals surface area contributed by atoms with E-state index in [1.165, 1.54) is 22.5 Å². The predicted octanol–water partition coefficient (Wildman–Crippen LogP) is 4.75. The predicted molar refractivity (Wildman–Crippen MR) is 126 cm³/mol. The molecule has 3 heterocycles. The van der Waals surface area contributed by atoms with Gasteiger partial charge < -0.3 is 5.32 Å². The molecule has 0 radical (unpaired) electrons. The van der Waals surface area contributed by atoms with Gasteiger partial charge in [-0.25, -0.2) is 13.4 Å². The van der Waals surface area contributed by atoms with Gasteiger partial charge >= 0.3 is 0 Å². The number of carbonyl (C=O) groups excluding carboxylic acids is 1. The third-order valence-electron chi connectivity index (χ3n) is 5.42. The fourth-order valence-electron chi connectivity index (χ4n) is 3.71. The van der Waals surface area contributed by atoms with Gasteiger partial charge in [0, 0.05) is 42.1 Å². The molecule has 0 atom stereocenters. The number of hydrogen-bond donors (Lipinski definition) is 1. The first-order valence-electron chi connectivity index (χ1n) is 10.1. The van der Waals surface area contributed by atoms with Crippen LogP contribution in [0, 0.1) is 0 Å². The van der Waals surface area contributed by atoms with Crippen molar-refractivity contribution in [3.8, 4) is 11.3 Å². The van der Waals surface area contributed by atoms with E-state index in [4.69, 9.17) is 11.6 Å². The molecule has 32 heavy (non-hydrogen) atoms. The number of fused-ring (bicyclic) bond motifs is 1. The summed E-state index contributed by atoms with van der Waals surface area (Å²) in [4.78, 5) is 18.4. The van der Waals surface area contributed by atoms with Crippen molar-refractivity contribution in [2.24, 2.45) is 0 Å². The number of aromatic nitrogens is 2. The molecule has 0 bridgehead atoms. The summed E-state index contributed by atoms with van der Waals surface area (Å²) in [6, 6.07) is 11.5. The molecule has 1 saturated heterocycles. The van der Waals surface area contributed by atoms with Crippen LogP contribution in [0.2, 0.25) is 5.02 Å². The maximum Gasteiger partial charge on any atom is 0.257 e. The number of carbonyl (C=O) groups is 1. The number of thiazole rings is 1. The molecule has 0 aliphatic carbocycles. The molecule has 1 aliphatic heterocycles. The highest BCUT2D eigenvalue weighted by molar-refractivity contribution is 7.89. The summed E-state index contributed by atoms with van der Waals surface area (Å²) in [5, 5.41) is 4.96. The van der Waals surface area contributed by atoms with E-state index in [0.717, 1.165) is 29.1 Å². The summed E-state index contributed by atoms with van der Waals surface area (Å²) in [5.74, 6) is -0.469. The van der Waals surface area contributed by atoms with E-state index in [1.54, 1.807) is 23.5 Å². The topological polar surface area (TPSA) is 83.8 Å². The molecule has 2 aromatic heterocycles. The highest BCUT2D eigenvalue weighted by Crippen LogP contribution is 2.27. The van der Waals surface area contributed by atoms with Crippen LogP contribution in [0.1, 0.15) is 23.2 Å². The third-order valence-corrected chi connectivity index (χ3v) is 8.41. The smallest absolute Gasteiger partial charge is 0.257 e.